The second kappa shape index (κ2) is 3.49. The van der Waals surface area contributed by atoms with Gasteiger partial charge in [-0.05, 0) is 18.6 Å². The molecule has 0 aliphatic heterocycles. The van der Waals surface area contributed by atoms with Crippen molar-refractivity contribution in [2.24, 2.45) is 7.05 Å². The minimum atomic E-state index is 0.837. The highest BCUT2D eigenvalue weighted by molar-refractivity contribution is 5.53. The van der Waals surface area contributed by atoms with Crippen molar-refractivity contribution in [3.05, 3.63) is 36.3 Å². The molecule has 1 N–H and O–H groups in total. The number of nitrogens with zero attached hydrogens (tertiary/aromatic N) is 3. The fourth-order valence-electron chi connectivity index (χ4n) is 1.18. The van der Waals surface area contributed by atoms with Crippen LogP contribution in [-0.4, -0.2) is 14.8 Å². The normalized spacial score (nSPS) is 10.1. The summed E-state index contributed by atoms with van der Waals surface area (Å²) in [5.41, 5.74) is 2.10. The zero-order chi connectivity index (χ0) is 9.97. The zero-order valence-corrected chi connectivity index (χ0v) is 8.23. The van der Waals surface area contributed by atoms with Gasteiger partial charge in [-0.1, -0.05) is 6.07 Å². The lowest BCUT2D eigenvalue weighted by Crippen LogP contribution is -1.91. The van der Waals surface area contributed by atoms with Crippen molar-refractivity contribution in [2.45, 2.75) is 6.92 Å². The number of anilines is 2. The SMILES string of the molecule is Cc1ccc(Nc2cnn(C)c2)nc1. The predicted molar refractivity (Wildman–Crippen MR) is 55.5 cm³/mol. The number of hydrogen-bond donors (Lipinski definition) is 1. The summed E-state index contributed by atoms with van der Waals surface area (Å²) in [6.07, 6.45) is 5.50. The molecule has 0 aliphatic rings. The summed E-state index contributed by atoms with van der Waals surface area (Å²) in [6.45, 7) is 2.01. The maximum Gasteiger partial charge on any atom is 0.130 e. The van der Waals surface area contributed by atoms with Gasteiger partial charge in [0.25, 0.3) is 0 Å². The molecule has 0 saturated heterocycles. The molecule has 0 radical (unpaired) electrons. The number of aryl methyl sites for hydroxylation is 2. The number of aromatic nitrogens is 3. The van der Waals surface area contributed by atoms with Crippen molar-refractivity contribution in [1.82, 2.24) is 14.8 Å². The Morgan fingerprint density at radius 1 is 1.29 bits per heavy atom. The third kappa shape index (κ3) is 1.90. The molecule has 0 amide bonds. The van der Waals surface area contributed by atoms with Gasteiger partial charge in [0.2, 0.25) is 0 Å². The maximum absolute atomic E-state index is 4.23. The van der Waals surface area contributed by atoms with Crippen LogP contribution in [0.15, 0.2) is 30.7 Å². The van der Waals surface area contributed by atoms with E-state index in [-0.39, 0.29) is 0 Å². The first-order valence-electron chi connectivity index (χ1n) is 4.42. The molecule has 14 heavy (non-hydrogen) atoms. The lowest BCUT2D eigenvalue weighted by molar-refractivity contribution is 0.768. The molecule has 0 unspecified atom stereocenters. The predicted octanol–water partition coefficient (Wildman–Crippen LogP) is 1.87. The first kappa shape index (κ1) is 8.74. The van der Waals surface area contributed by atoms with Gasteiger partial charge in [0.1, 0.15) is 5.82 Å². The zero-order valence-electron chi connectivity index (χ0n) is 8.23. The molecule has 2 rings (SSSR count). The van der Waals surface area contributed by atoms with Gasteiger partial charge in [-0.2, -0.15) is 5.10 Å². The Labute approximate surface area is 82.6 Å². The number of rotatable bonds is 2. The molecule has 0 bridgehead atoms. The van der Waals surface area contributed by atoms with Gasteiger partial charge < -0.3 is 5.32 Å². The quantitative estimate of drug-likeness (QED) is 0.782. The van der Waals surface area contributed by atoms with Crippen LogP contribution < -0.4 is 5.32 Å². The molecule has 2 aromatic heterocycles. The Morgan fingerprint density at radius 3 is 2.71 bits per heavy atom. The summed E-state index contributed by atoms with van der Waals surface area (Å²) >= 11 is 0. The second-order valence-electron chi connectivity index (χ2n) is 3.25. The Bertz CT molecular complexity index is 416. The number of nitrogens with one attached hydrogen (secondary N) is 1. The van der Waals surface area contributed by atoms with Gasteiger partial charge in [0.05, 0.1) is 11.9 Å². The van der Waals surface area contributed by atoms with Crippen LogP contribution in [0.1, 0.15) is 5.56 Å². The average Bonchev–Trinajstić information content (AvgIpc) is 2.56. The van der Waals surface area contributed by atoms with Crippen molar-refractivity contribution in [1.29, 1.82) is 0 Å². The standard InChI is InChI=1S/C10H12N4/c1-8-3-4-10(11-5-8)13-9-6-12-14(2)7-9/h3-7H,1-2H3,(H,11,13). The van der Waals surface area contributed by atoms with Crippen LogP contribution in [0.25, 0.3) is 0 Å². The Hall–Kier alpha value is -1.84. The number of hydrogen-bond acceptors (Lipinski definition) is 3. The van der Waals surface area contributed by atoms with E-state index in [1.165, 1.54) is 0 Å². The van der Waals surface area contributed by atoms with Crippen molar-refractivity contribution >= 4 is 11.5 Å². The Morgan fingerprint density at radius 2 is 2.14 bits per heavy atom. The van der Waals surface area contributed by atoms with Crippen LogP contribution in [0, 0.1) is 6.92 Å². The van der Waals surface area contributed by atoms with Crippen molar-refractivity contribution in [3.8, 4) is 0 Å². The minimum absolute atomic E-state index is 0.837. The largest absolute Gasteiger partial charge is 0.338 e. The van der Waals surface area contributed by atoms with Crippen LogP contribution in [0.3, 0.4) is 0 Å². The van der Waals surface area contributed by atoms with Crippen molar-refractivity contribution < 1.29 is 0 Å². The molecule has 0 aliphatic carbocycles. The molecule has 2 aromatic rings. The summed E-state index contributed by atoms with van der Waals surface area (Å²) in [4.78, 5) is 4.23. The Kier molecular flexibility index (Phi) is 2.18. The van der Waals surface area contributed by atoms with E-state index in [2.05, 4.69) is 15.4 Å². The van der Waals surface area contributed by atoms with Gasteiger partial charge in [-0.3, -0.25) is 4.68 Å². The summed E-state index contributed by atoms with van der Waals surface area (Å²) in [6, 6.07) is 3.97. The molecular formula is C10H12N4. The Balaban J connectivity index is 2.15. The topological polar surface area (TPSA) is 42.7 Å². The molecule has 0 saturated carbocycles. The smallest absolute Gasteiger partial charge is 0.130 e. The summed E-state index contributed by atoms with van der Waals surface area (Å²) < 4.78 is 1.75. The van der Waals surface area contributed by atoms with E-state index < -0.39 is 0 Å². The highest BCUT2D eigenvalue weighted by Gasteiger charge is 1.96. The molecule has 72 valence electrons. The summed E-state index contributed by atoms with van der Waals surface area (Å²) in [5, 5.41) is 7.21. The molecule has 4 nitrogen and oxygen atoms in total. The second-order valence-corrected chi connectivity index (χ2v) is 3.25. The molecule has 2 heterocycles. The van der Waals surface area contributed by atoms with Crippen LogP contribution in [0.4, 0.5) is 11.5 Å². The average molecular weight is 188 g/mol. The molecule has 0 fully saturated rings. The molecule has 0 aromatic carbocycles. The van der Waals surface area contributed by atoms with E-state index >= 15 is 0 Å². The minimum Gasteiger partial charge on any atom is -0.338 e. The highest BCUT2D eigenvalue weighted by atomic mass is 15.3. The van der Waals surface area contributed by atoms with E-state index in [1.54, 1.807) is 10.9 Å². The van der Waals surface area contributed by atoms with E-state index in [4.69, 9.17) is 0 Å². The first-order valence-corrected chi connectivity index (χ1v) is 4.42. The van der Waals surface area contributed by atoms with Crippen LogP contribution >= 0.6 is 0 Å². The van der Waals surface area contributed by atoms with E-state index in [1.807, 2.05) is 38.5 Å². The van der Waals surface area contributed by atoms with Crippen LogP contribution in [-0.2, 0) is 7.05 Å². The first-order chi connectivity index (χ1) is 6.74. The van der Waals surface area contributed by atoms with E-state index in [0.29, 0.717) is 0 Å². The van der Waals surface area contributed by atoms with Gasteiger partial charge in [0.15, 0.2) is 0 Å². The van der Waals surface area contributed by atoms with Gasteiger partial charge in [0, 0.05) is 19.4 Å². The van der Waals surface area contributed by atoms with E-state index in [0.717, 1.165) is 17.1 Å². The van der Waals surface area contributed by atoms with Crippen LogP contribution in [0.2, 0.25) is 0 Å². The molecule has 0 atom stereocenters. The van der Waals surface area contributed by atoms with Crippen LogP contribution in [0.5, 0.6) is 0 Å². The lowest BCUT2D eigenvalue weighted by atomic mass is 10.3. The van der Waals surface area contributed by atoms with Crippen molar-refractivity contribution in [3.63, 3.8) is 0 Å². The summed E-state index contributed by atoms with van der Waals surface area (Å²) in [7, 11) is 1.88. The van der Waals surface area contributed by atoms with Crippen molar-refractivity contribution in [2.75, 3.05) is 5.32 Å². The fraction of sp³-hybridized carbons (Fsp3) is 0.200. The van der Waals surface area contributed by atoms with Gasteiger partial charge in [-0.15, -0.1) is 0 Å². The number of pyridine rings is 1. The third-order valence-corrected chi connectivity index (χ3v) is 1.89. The fourth-order valence-corrected chi connectivity index (χ4v) is 1.18. The monoisotopic (exact) mass is 188 g/mol. The molecular weight excluding hydrogens is 176 g/mol. The molecule has 0 spiro atoms. The third-order valence-electron chi connectivity index (χ3n) is 1.89. The lowest BCUT2D eigenvalue weighted by Gasteiger charge is -2.01. The highest BCUT2D eigenvalue weighted by Crippen LogP contribution is 2.12. The van der Waals surface area contributed by atoms with Gasteiger partial charge in [-0.25, -0.2) is 4.98 Å². The van der Waals surface area contributed by atoms with Gasteiger partial charge >= 0.3 is 0 Å². The maximum atomic E-state index is 4.23. The summed E-state index contributed by atoms with van der Waals surface area (Å²) in [5.74, 6) is 0.837. The molecule has 4 heteroatoms. The van der Waals surface area contributed by atoms with E-state index in [9.17, 15) is 0 Å².